The molecule has 1 aliphatic rings. The molecule has 1 aromatic rings. The minimum atomic E-state index is -3.43. The van der Waals surface area contributed by atoms with Crippen LogP contribution in [0.3, 0.4) is 0 Å². The Hall–Kier alpha value is -0.580. The first-order valence-corrected chi connectivity index (χ1v) is 8.50. The normalized spacial score (nSPS) is 24.8. The number of rotatable bonds is 3. The first-order chi connectivity index (χ1) is 8.87. The maximum atomic E-state index is 12.7. The van der Waals surface area contributed by atoms with E-state index in [1.807, 2.05) is 26.0 Å². The van der Waals surface area contributed by atoms with Crippen LogP contribution in [0, 0.1) is 19.8 Å². The summed E-state index contributed by atoms with van der Waals surface area (Å²) in [6.45, 7) is 6.43. The minimum absolute atomic E-state index is 0.0904. The van der Waals surface area contributed by atoms with Crippen LogP contribution in [-0.2, 0) is 10.0 Å². The molecule has 0 aliphatic carbocycles. The number of benzene rings is 1. The summed E-state index contributed by atoms with van der Waals surface area (Å²) >= 11 is 5.95. The van der Waals surface area contributed by atoms with Crippen LogP contribution in [0.25, 0.3) is 0 Å². The third kappa shape index (κ3) is 2.67. The van der Waals surface area contributed by atoms with Crippen LogP contribution < -0.4 is 0 Å². The average molecular weight is 302 g/mol. The summed E-state index contributed by atoms with van der Waals surface area (Å²) in [6, 6.07) is 5.36. The molecule has 0 N–H and O–H groups in total. The lowest BCUT2D eigenvalue weighted by atomic mass is 10.1. The van der Waals surface area contributed by atoms with E-state index >= 15 is 0 Å². The number of hydrogen-bond acceptors (Lipinski definition) is 2. The summed E-state index contributed by atoms with van der Waals surface area (Å²) in [4.78, 5) is 0.405. The predicted molar refractivity (Wildman–Crippen MR) is 78.1 cm³/mol. The Bertz CT molecular complexity index is 571. The topological polar surface area (TPSA) is 37.4 Å². The highest BCUT2D eigenvalue weighted by molar-refractivity contribution is 7.89. The van der Waals surface area contributed by atoms with Crippen molar-refractivity contribution in [3.8, 4) is 0 Å². The van der Waals surface area contributed by atoms with Crippen LogP contribution >= 0.6 is 11.6 Å². The van der Waals surface area contributed by atoms with Crippen molar-refractivity contribution in [2.45, 2.75) is 38.1 Å². The molecule has 3 nitrogen and oxygen atoms in total. The highest BCUT2D eigenvalue weighted by Crippen LogP contribution is 2.31. The highest BCUT2D eigenvalue weighted by Gasteiger charge is 2.39. The molecule has 1 aliphatic heterocycles. The Balaban J connectivity index is 2.42. The van der Waals surface area contributed by atoms with E-state index in [0.29, 0.717) is 23.2 Å². The molecule has 2 atom stereocenters. The fourth-order valence-corrected chi connectivity index (χ4v) is 5.21. The summed E-state index contributed by atoms with van der Waals surface area (Å²) in [5.41, 5.74) is 1.87. The molecule has 2 rings (SSSR count). The Morgan fingerprint density at radius 3 is 2.63 bits per heavy atom. The Morgan fingerprint density at radius 1 is 1.37 bits per heavy atom. The van der Waals surface area contributed by atoms with Gasteiger partial charge in [-0.05, 0) is 37.8 Å². The lowest BCUT2D eigenvalue weighted by Crippen LogP contribution is -2.38. The van der Waals surface area contributed by atoms with Gasteiger partial charge in [-0.1, -0.05) is 24.6 Å². The molecule has 1 fully saturated rings. The number of nitrogens with zero attached hydrogens (tertiary/aromatic N) is 1. The highest BCUT2D eigenvalue weighted by atomic mass is 35.5. The maximum Gasteiger partial charge on any atom is 0.243 e. The number of halogens is 1. The monoisotopic (exact) mass is 301 g/mol. The van der Waals surface area contributed by atoms with Crippen molar-refractivity contribution in [2.24, 2.45) is 5.92 Å². The van der Waals surface area contributed by atoms with E-state index < -0.39 is 10.0 Å². The molecular weight excluding hydrogens is 282 g/mol. The van der Waals surface area contributed by atoms with Gasteiger partial charge in [0.05, 0.1) is 4.90 Å². The van der Waals surface area contributed by atoms with Crippen LogP contribution in [0.1, 0.15) is 24.5 Å². The van der Waals surface area contributed by atoms with E-state index in [-0.39, 0.29) is 6.04 Å². The fourth-order valence-electron chi connectivity index (χ4n) is 2.72. The second-order valence-corrected chi connectivity index (χ2v) is 7.54. The second-order valence-electron chi connectivity index (χ2n) is 5.37. The number of aryl methyl sites for hydroxylation is 2. The Kier molecular flexibility index (Phi) is 4.23. The van der Waals surface area contributed by atoms with E-state index in [4.69, 9.17) is 11.6 Å². The SMILES string of the molecule is Cc1ccc(S(=O)(=O)N2CCC(C)C2CCl)c(C)c1. The van der Waals surface area contributed by atoms with Gasteiger partial charge in [0.25, 0.3) is 0 Å². The van der Waals surface area contributed by atoms with Crippen molar-refractivity contribution in [1.82, 2.24) is 4.31 Å². The second kappa shape index (κ2) is 5.43. The molecule has 0 saturated carbocycles. The van der Waals surface area contributed by atoms with Crippen LogP contribution in [-0.4, -0.2) is 31.2 Å². The molecule has 0 bridgehead atoms. The van der Waals surface area contributed by atoms with Crippen LogP contribution in [0.5, 0.6) is 0 Å². The molecule has 106 valence electrons. The van der Waals surface area contributed by atoms with Gasteiger partial charge in [-0.15, -0.1) is 11.6 Å². The van der Waals surface area contributed by atoms with Gasteiger partial charge >= 0.3 is 0 Å². The van der Waals surface area contributed by atoms with E-state index in [0.717, 1.165) is 17.5 Å². The molecule has 5 heteroatoms. The summed E-state index contributed by atoms with van der Waals surface area (Å²) in [5.74, 6) is 0.670. The third-order valence-corrected chi connectivity index (χ3v) is 6.31. The lowest BCUT2D eigenvalue weighted by molar-refractivity contribution is 0.375. The summed E-state index contributed by atoms with van der Waals surface area (Å²) in [6.07, 6.45) is 0.877. The molecule has 1 saturated heterocycles. The maximum absolute atomic E-state index is 12.7. The van der Waals surface area contributed by atoms with Crippen molar-refractivity contribution in [1.29, 1.82) is 0 Å². The first-order valence-electron chi connectivity index (χ1n) is 6.53. The Labute approximate surface area is 120 Å². The number of alkyl halides is 1. The van der Waals surface area contributed by atoms with Gasteiger partial charge in [-0.3, -0.25) is 0 Å². The molecular formula is C14H20ClNO2S. The average Bonchev–Trinajstić information content (AvgIpc) is 2.70. The van der Waals surface area contributed by atoms with Crippen LogP contribution in [0.15, 0.2) is 23.1 Å². The lowest BCUT2D eigenvalue weighted by Gasteiger charge is -2.25. The molecule has 19 heavy (non-hydrogen) atoms. The van der Waals surface area contributed by atoms with E-state index in [1.165, 1.54) is 0 Å². The number of sulfonamides is 1. The zero-order valence-electron chi connectivity index (χ0n) is 11.6. The zero-order chi connectivity index (χ0) is 14.2. The standard InChI is InChI=1S/C14H20ClNO2S/c1-10-4-5-14(12(3)8-10)19(17,18)16-7-6-11(2)13(16)9-15/h4-5,8,11,13H,6-7,9H2,1-3H3. The molecule has 0 amide bonds. The van der Waals surface area contributed by atoms with Gasteiger partial charge in [-0.25, -0.2) is 8.42 Å². The van der Waals surface area contributed by atoms with Gasteiger partial charge in [0, 0.05) is 18.5 Å². The molecule has 0 aromatic heterocycles. The van der Waals surface area contributed by atoms with Gasteiger partial charge in [0.1, 0.15) is 0 Å². The molecule has 2 unspecified atom stereocenters. The molecule has 1 heterocycles. The van der Waals surface area contributed by atoms with E-state index in [2.05, 4.69) is 6.92 Å². The summed E-state index contributed by atoms with van der Waals surface area (Å²) in [7, 11) is -3.43. The summed E-state index contributed by atoms with van der Waals surface area (Å²) in [5, 5.41) is 0. The van der Waals surface area contributed by atoms with Crippen molar-refractivity contribution in [2.75, 3.05) is 12.4 Å². The van der Waals surface area contributed by atoms with Crippen molar-refractivity contribution < 1.29 is 8.42 Å². The van der Waals surface area contributed by atoms with Gasteiger partial charge in [0.15, 0.2) is 0 Å². The van der Waals surface area contributed by atoms with Gasteiger partial charge < -0.3 is 0 Å². The van der Waals surface area contributed by atoms with Crippen LogP contribution in [0.2, 0.25) is 0 Å². The van der Waals surface area contributed by atoms with Gasteiger partial charge in [-0.2, -0.15) is 4.31 Å². The number of hydrogen-bond donors (Lipinski definition) is 0. The van der Waals surface area contributed by atoms with Crippen molar-refractivity contribution in [3.63, 3.8) is 0 Å². The molecule has 1 aromatic carbocycles. The third-order valence-electron chi connectivity index (χ3n) is 3.91. The first kappa shape index (κ1) is 14.8. The van der Waals surface area contributed by atoms with Crippen LogP contribution in [0.4, 0.5) is 0 Å². The van der Waals surface area contributed by atoms with E-state index in [9.17, 15) is 8.42 Å². The van der Waals surface area contributed by atoms with E-state index in [1.54, 1.807) is 10.4 Å². The fraction of sp³-hybridized carbons (Fsp3) is 0.571. The molecule has 0 spiro atoms. The summed E-state index contributed by atoms with van der Waals surface area (Å²) < 4.78 is 27.1. The van der Waals surface area contributed by atoms with Crippen molar-refractivity contribution >= 4 is 21.6 Å². The quantitative estimate of drug-likeness (QED) is 0.805. The van der Waals surface area contributed by atoms with Gasteiger partial charge in [0.2, 0.25) is 10.0 Å². The Morgan fingerprint density at radius 2 is 2.05 bits per heavy atom. The predicted octanol–water partition coefficient (Wildman–Crippen LogP) is 2.94. The smallest absolute Gasteiger partial charge is 0.207 e. The minimum Gasteiger partial charge on any atom is -0.207 e. The van der Waals surface area contributed by atoms with Crippen molar-refractivity contribution in [3.05, 3.63) is 29.3 Å². The zero-order valence-corrected chi connectivity index (χ0v) is 13.1. The molecule has 0 radical (unpaired) electrons. The largest absolute Gasteiger partial charge is 0.243 e.